The highest BCUT2D eigenvalue weighted by atomic mass is 32.2. The van der Waals surface area contributed by atoms with Gasteiger partial charge in [-0.3, -0.25) is 4.79 Å². The van der Waals surface area contributed by atoms with E-state index in [1.807, 2.05) is 6.07 Å². The number of nitrogens with zero attached hydrogens (tertiary/aromatic N) is 1. The number of hydrogen-bond acceptors (Lipinski definition) is 4. The molecule has 1 aliphatic carbocycles. The Hall–Kier alpha value is -1.09. The predicted molar refractivity (Wildman–Crippen MR) is 50.0 cm³/mol. The molecule has 14 heavy (non-hydrogen) atoms. The standard InChI is InChI=1S/C8H12N2O3S/c1-14(12,13)5-4-10-7(11)8(6-9)2-3-8/h2-5H2,1H3,(H,10,11). The van der Waals surface area contributed by atoms with Crippen molar-refractivity contribution in [2.45, 2.75) is 12.8 Å². The number of carbonyl (C=O) groups is 1. The lowest BCUT2D eigenvalue weighted by atomic mass is 10.1. The largest absolute Gasteiger partial charge is 0.354 e. The van der Waals surface area contributed by atoms with Gasteiger partial charge in [0.2, 0.25) is 5.91 Å². The lowest BCUT2D eigenvalue weighted by Crippen LogP contribution is -2.34. The highest BCUT2D eigenvalue weighted by molar-refractivity contribution is 7.90. The van der Waals surface area contributed by atoms with Gasteiger partial charge >= 0.3 is 0 Å². The van der Waals surface area contributed by atoms with E-state index in [0.717, 1.165) is 6.26 Å². The molecule has 0 aromatic rings. The molecule has 0 aromatic heterocycles. The highest BCUT2D eigenvalue weighted by Crippen LogP contribution is 2.44. The molecule has 1 saturated carbocycles. The first-order chi connectivity index (χ1) is 6.40. The van der Waals surface area contributed by atoms with Crippen LogP contribution in [-0.4, -0.2) is 32.9 Å². The second-order valence-corrected chi connectivity index (χ2v) is 5.84. The molecule has 0 unspecified atom stereocenters. The lowest BCUT2D eigenvalue weighted by Gasteiger charge is -2.06. The van der Waals surface area contributed by atoms with Crippen molar-refractivity contribution in [3.63, 3.8) is 0 Å². The van der Waals surface area contributed by atoms with Gasteiger partial charge in [-0.25, -0.2) is 8.42 Å². The minimum absolute atomic E-state index is 0.0831. The van der Waals surface area contributed by atoms with Gasteiger partial charge < -0.3 is 5.32 Å². The van der Waals surface area contributed by atoms with Gasteiger partial charge in [0.05, 0.1) is 11.8 Å². The molecule has 1 rings (SSSR count). The Bertz CT molecular complexity index is 376. The van der Waals surface area contributed by atoms with Crippen LogP contribution in [0.3, 0.4) is 0 Å². The minimum Gasteiger partial charge on any atom is -0.354 e. The number of nitriles is 1. The summed E-state index contributed by atoms with van der Waals surface area (Å²) in [5.74, 6) is -0.427. The van der Waals surface area contributed by atoms with E-state index >= 15 is 0 Å². The number of hydrogen-bond donors (Lipinski definition) is 1. The zero-order valence-corrected chi connectivity index (χ0v) is 8.73. The SMILES string of the molecule is CS(=O)(=O)CCNC(=O)C1(C#N)CC1. The van der Waals surface area contributed by atoms with Crippen molar-refractivity contribution in [3.05, 3.63) is 0 Å². The van der Waals surface area contributed by atoms with Crippen LogP contribution < -0.4 is 5.32 Å². The monoisotopic (exact) mass is 216 g/mol. The number of rotatable bonds is 4. The fourth-order valence-electron chi connectivity index (χ4n) is 1.03. The molecule has 0 atom stereocenters. The summed E-state index contributed by atoms with van der Waals surface area (Å²) in [5.41, 5.74) is -0.864. The van der Waals surface area contributed by atoms with E-state index in [4.69, 9.17) is 5.26 Å². The average molecular weight is 216 g/mol. The number of nitrogens with one attached hydrogen (secondary N) is 1. The molecule has 0 aliphatic heterocycles. The van der Waals surface area contributed by atoms with Gasteiger partial charge in [-0.2, -0.15) is 5.26 Å². The zero-order valence-electron chi connectivity index (χ0n) is 7.91. The van der Waals surface area contributed by atoms with Crippen molar-refractivity contribution >= 4 is 15.7 Å². The maximum Gasteiger partial charge on any atom is 0.240 e. The summed E-state index contributed by atoms with van der Waals surface area (Å²) in [4.78, 5) is 11.3. The smallest absolute Gasteiger partial charge is 0.240 e. The molecular weight excluding hydrogens is 204 g/mol. The molecule has 6 heteroatoms. The van der Waals surface area contributed by atoms with Gasteiger partial charge in [-0.1, -0.05) is 0 Å². The van der Waals surface area contributed by atoms with Gasteiger partial charge in [0.25, 0.3) is 0 Å². The van der Waals surface area contributed by atoms with Crippen molar-refractivity contribution in [2.75, 3.05) is 18.6 Å². The molecule has 1 amide bonds. The van der Waals surface area contributed by atoms with Crippen LogP contribution in [0.15, 0.2) is 0 Å². The molecule has 0 bridgehead atoms. The molecule has 0 heterocycles. The first kappa shape index (κ1) is 11.0. The van der Waals surface area contributed by atoms with Crippen LogP contribution in [0.1, 0.15) is 12.8 Å². The second-order valence-electron chi connectivity index (χ2n) is 3.58. The van der Waals surface area contributed by atoms with Crippen LogP contribution in [-0.2, 0) is 14.6 Å². The first-order valence-electron chi connectivity index (χ1n) is 4.27. The van der Waals surface area contributed by atoms with E-state index in [1.165, 1.54) is 0 Å². The van der Waals surface area contributed by atoms with Gasteiger partial charge in [-0.05, 0) is 12.8 Å². The van der Waals surface area contributed by atoms with Crippen molar-refractivity contribution < 1.29 is 13.2 Å². The van der Waals surface area contributed by atoms with E-state index in [1.54, 1.807) is 0 Å². The van der Waals surface area contributed by atoms with Gasteiger partial charge in [0.1, 0.15) is 15.3 Å². The minimum atomic E-state index is -3.05. The molecule has 1 N–H and O–H groups in total. The van der Waals surface area contributed by atoms with E-state index in [-0.39, 0.29) is 18.2 Å². The number of sulfone groups is 1. The van der Waals surface area contributed by atoms with Crippen LogP contribution in [0.2, 0.25) is 0 Å². The van der Waals surface area contributed by atoms with Crippen molar-refractivity contribution in [1.82, 2.24) is 5.32 Å². The van der Waals surface area contributed by atoms with Gasteiger partial charge in [-0.15, -0.1) is 0 Å². The summed E-state index contributed by atoms with van der Waals surface area (Å²) in [5, 5.41) is 11.1. The van der Waals surface area contributed by atoms with E-state index in [2.05, 4.69) is 5.32 Å². The fraction of sp³-hybridized carbons (Fsp3) is 0.750. The second kappa shape index (κ2) is 3.58. The Balaban J connectivity index is 2.34. The first-order valence-corrected chi connectivity index (χ1v) is 6.33. The lowest BCUT2D eigenvalue weighted by molar-refractivity contribution is -0.124. The van der Waals surface area contributed by atoms with E-state index in [0.29, 0.717) is 12.8 Å². The molecule has 0 aromatic carbocycles. The normalized spacial score (nSPS) is 18.3. The van der Waals surface area contributed by atoms with Crippen LogP contribution in [0, 0.1) is 16.7 Å². The molecule has 0 spiro atoms. The summed E-state index contributed by atoms with van der Waals surface area (Å²) in [7, 11) is -3.05. The maximum atomic E-state index is 11.3. The Morgan fingerprint density at radius 3 is 2.50 bits per heavy atom. The Morgan fingerprint density at radius 2 is 2.14 bits per heavy atom. The summed E-state index contributed by atoms with van der Waals surface area (Å²) >= 11 is 0. The molecule has 1 aliphatic rings. The summed E-state index contributed by atoms with van der Waals surface area (Å²) in [6.45, 7) is 0.0844. The average Bonchev–Trinajstić information content (AvgIpc) is 2.81. The third-order valence-electron chi connectivity index (χ3n) is 2.16. The Labute approximate surface area is 83.0 Å². The van der Waals surface area contributed by atoms with Crippen molar-refractivity contribution in [2.24, 2.45) is 5.41 Å². The summed E-state index contributed by atoms with van der Waals surface area (Å²) in [6.07, 6.45) is 2.26. The van der Waals surface area contributed by atoms with Crippen molar-refractivity contribution in [1.29, 1.82) is 5.26 Å². The zero-order chi connectivity index (χ0) is 10.8. The van der Waals surface area contributed by atoms with Crippen LogP contribution in [0.25, 0.3) is 0 Å². The van der Waals surface area contributed by atoms with Crippen LogP contribution >= 0.6 is 0 Å². The topological polar surface area (TPSA) is 87.0 Å². The predicted octanol–water partition coefficient (Wildman–Crippen LogP) is -0.549. The maximum absolute atomic E-state index is 11.3. The van der Waals surface area contributed by atoms with E-state index < -0.39 is 15.3 Å². The molecular formula is C8H12N2O3S. The molecule has 1 fully saturated rings. The third kappa shape index (κ3) is 2.70. The summed E-state index contributed by atoms with van der Waals surface area (Å²) in [6, 6.07) is 1.94. The number of amides is 1. The molecule has 0 radical (unpaired) electrons. The van der Waals surface area contributed by atoms with Crippen molar-refractivity contribution in [3.8, 4) is 6.07 Å². The fourth-order valence-corrected chi connectivity index (χ4v) is 1.51. The highest BCUT2D eigenvalue weighted by Gasteiger charge is 2.50. The van der Waals surface area contributed by atoms with Crippen LogP contribution in [0.4, 0.5) is 0 Å². The molecule has 0 saturated heterocycles. The molecule has 5 nitrogen and oxygen atoms in total. The Kier molecular flexibility index (Phi) is 2.81. The van der Waals surface area contributed by atoms with Crippen LogP contribution in [0.5, 0.6) is 0 Å². The van der Waals surface area contributed by atoms with Gasteiger partial charge in [0.15, 0.2) is 0 Å². The van der Waals surface area contributed by atoms with E-state index in [9.17, 15) is 13.2 Å². The molecule has 78 valence electrons. The number of carbonyl (C=O) groups excluding carboxylic acids is 1. The third-order valence-corrected chi connectivity index (χ3v) is 3.10. The Morgan fingerprint density at radius 1 is 1.57 bits per heavy atom. The summed E-state index contributed by atoms with van der Waals surface area (Å²) < 4.78 is 21.5. The quantitative estimate of drug-likeness (QED) is 0.683. The van der Waals surface area contributed by atoms with Gasteiger partial charge in [0, 0.05) is 12.8 Å².